The number of aliphatic hydroxyl groups is 1. The minimum Gasteiger partial charge on any atom is -0.481 e. The molecule has 2 aromatic carbocycles. The normalized spacial score (nSPS) is 21.6. The standard InChI is InChI=1S/C80H117N19O23S2/c1-42(2)29-55-71(109)86-38-64(102)89-54(17-18-65(103)104)72(110)93-56(30-43(3)4)77(115)98-67(44(5)6)80(118)95-58(32-48-36-85-53-16-12-10-14-51(48)53)74(112)97-62(79(117)99-68(46(8)100)69(82)107)40-124-123-39-61(96-76(114)60(34-66(105)106)90-63(101)19-21-119-23-25-121-27-28-122-26-24-120-22-20-81)78(116)88-45(7)70(108)91-57(31-47-35-84-52-15-11-9-13-50(47)52)73(111)94-59(75(113)92-55)33-49-37-83-41-87-49/h9-16,35-37,41-46,54-62,67-68,84-85,100H,17-34,38-40,81H2,1-8H3,(H2,82,107)(H,83,87)(H,86,109)(H,88,116)(H,89,102)(H,90,101)(H,91,108)(H,92,113)(H,93,110)(H,94,111)(H,95,118)(H,96,114)(H,97,112)(H,98,115)(H,99,117)(H,103,104)(H,105,106)/t45-,46+,54-,55?,56?,57-,58-,59?,60-,61-,62-,67-,68-/m0/s1. The second-order valence-electron chi connectivity index (χ2n) is 30.7. The van der Waals surface area contributed by atoms with Crippen LogP contribution in [0.5, 0.6) is 0 Å². The number of nitrogens with zero attached hydrogens (tertiary/aromatic N) is 1. The highest BCUT2D eigenvalue weighted by Gasteiger charge is 2.39. The first-order valence-electron chi connectivity index (χ1n) is 40.7. The van der Waals surface area contributed by atoms with Gasteiger partial charge in [0.05, 0.1) is 83.9 Å². The number of aromatic amines is 3. The van der Waals surface area contributed by atoms with Gasteiger partial charge in [-0.25, -0.2) is 4.98 Å². The lowest BCUT2D eigenvalue weighted by molar-refractivity contribution is -0.141. The third-order valence-corrected chi connectivity index (χ3v) is 21.7. The number of carboxylic acid groups (broad SMARTS) is 2. The monoisotopic (exact) mass is 1780 g/mol. The number of benzene rings is 2. The number of para-hydroxylation sites is 2. The van der Waals surface area contributed by atoms with Gasteiger partial charge in [0, 0.05) is 90.6 Å². The lowest BCUT2D eigenvalue weighted by Gasteiger charge is -2.29. The van der Waals surface area contributed by atoms with E-state index in [1.165, 1.54) is 19.4 Å². The molecular weight excluding hydrogens is 1660 g/mol. The Morgan fingerprint density at radius 2 is 1.04 bits per heavy atom. The minimum absolute atomic E-state index is 0.0246. The number of imidazole rings is 1. The van der Waals surface area contributed by atoms with E-state index in [9.17, 15) is 82.4 Å². The molecule has 0 spiro atoms. The predicted molar refractivity (Wildman–Crippen MR) is 454 cm³/mol. The molecule has 124 heavy (non-hydrogen) atoms. The molecule has 1 aliphatic rings. The van der Waals surface area contributed by atoms with E-state index < -0.39 is 223 Å². The first-order valence-corrected chi connectivity index (χ1v) is 43.1. The molecule has 1 aliphatic heterocycles. The summed E-state index contributed by atoms with van der Waals surface area (Å²) in [4.78, 5) is 241. The fraction of sp³-hybridized carbons (Fsp3) is 0.562. The van der Waals surface area contributed by atoms with Crippen molar-refractivity contribution < 1.29 is 111 Å². The van der Waals surface area contributed by atoms with Crippen LogP contribution < -0.4 is 80.6 Å². The van der Waals surface area contributed by atoms with Crippen LogP contribution in [-0.2, 0) is 115 Å². The molecular formula is C80H117N19O23S2. The number of hydrogen-bond donors (Lipinski definition) is 21. The number of nitrogens with one attached hydrogen (secondary N) is 16. The molecule has 0 bridgehead atoms. The molecule has 44 heteroatoms. The molecule has 42 nitrogen and oxygen atoms in total. The maximum absolute atomic E-state index is 15.2. The zero-order valence-electron chi connectivity index (χ0n) is 70.4. The van der Waals surface area contributed by atoms with Gasteiger partial charge in [-0.05, 0) is 74.1 Å². The minimum atomic E-state index is -1.88. The zero-order valence-corrected chi connectivity index (χ0v) is 72.1. The largest absolute Gasteiger partial charge is 0.481 e. The molecule has 6 rings (SSSR count). The van der Waals surface area contributed by atoms with Gasteiger partial charge in [0.15, 0.2) is 0 Å². The van der Waals surface area contributed by atoms with Gasteiger partial charge in [0.1, 0.15) is 72.5 Å². The van der Waals surface area contributed by atoms with Gasteiger partial charge in [-0.3, -0.25) is 76.7 Å². The summed E-state index contributed by atoms with van der Waals surface area (Å²) in [6.07, 6.45) is 0.474. The van der Waals surface area contributed by atoms with Gasteiger partial charge in [0.25, 0.3) is 0 Å². The molecule has 3 aromatic heterocycles. The average molecular weight is 1780 g/mol. The van der Waals surface area contributed by atoms with Gasteiger partial charge in [-0.1, -0.05) is 99.5 Å². The summed E-state index contributed by atoms with van der Waals surface area (Å²) in [7, 11) is 1.51. The quantitative estimate of drug-likeness (QED) is 0.0140. The summed E-state index contributed by atoms with van der Waals surface area (Å²) in [5.41, 5.74) is 13.4. The number of aromatic nitrogens is 4. The molecule has 23 N–H and O–H groups in total. The Morgan fingerprint density at radius 1 is 0.540 bits per heavy atom. The number of ether oxygens (including phenoxy) is 4. The van der Waals surface area contributed by atoms with Crippen LogP contribution in [0, 0.1) is 17.8 Å². The fourth-order valence-electron chi connectivity index (χ4n) is 12.8. The zero-order chi connectivity index (χ0) is 91.1. The van der Waals surface area contributed by atoms with Crippen molar-refractivity contribution in [1.29, 1.82) is 0 Å². The second-order valence-corrected chi connectivity index (χ2v) is 33.3. The molecule has 0 aliphatic carbocycles. The van der Waals surface area contributed by atoms with Gasteiger partial charge < -0.3 is 130 Å². The Morgan fingerprint density at radius 3 is 1.56 bits per heavy atom. The maximum atomic E-state index is 15.2. The van der Waals surface area contributed by atoms with Crippen LogP contribution >= 0.6 is 21.6 Å². The Hall–Kier alpha value is -11.3. The Balaban J connectivity index is 1.43. The molecule has 682 valence electrons. The SMILES string of the molecule is CC(C)CC1NC(=O)C(Cc2c[nH]cn2)NC(=O)[C@H](Cc2c[nH]c3ccccc23)NC(=O)[C@H](C)NC(=O)[C@@H](NC(=O)[C@H](CC(=O)O)NC(=O)CCOCCOCCOCCOCCN)CSSC[C@@H](C(=O)N[C@H](C(N)=O)[C@@H](C)O)NC(=O)[C@H](Cc2c[nH]c3ccccc23)NC(=O)[C@H](C(C)C)NC(=O)C(CC(C)C)NC(=O)[C@H](CCC(=O)O)NC(=O)CNC1=O. The van der Waals surface area contributed by atoms with Gasteiger partial charge in [-0.2, -0.15) is 0 Å². The van der Waals surface area contributed by atoms with Crippen molar-refractivity contribution in [2.45, 2.75) is 192 Å². The summed E-state index contributed by atoms with van der Waals surface area (Å²) < 4.78 is 21.7. The number of nitrogens with two attached hydrogens (primary N) is 2. The van der Waals surface area contributed by atoms with Crippen molar-refractivity contribution >= 4 is 138 Å². The Kier molecular flexibility index (Phi) is 42.9. The van der Waals surface area contributed by atoms with Gasteiger partial charge in [0.2, 0.25) is 82.7 Å². The third kappa shape index (κ3) is 34.8. The molecule has 13 atom stereocenters. The first-order chi connectivity index (χ1) is 59.0. The maximum Gasteiger partial charge on any atom is 0.305 e. The summed E-state index contributed by atoms with van der Waals surface area (Å²) in [5, 5.41) is 64.9. The number of aliphatic carboxylic acids is 2. The number of aliphatic hydroxyl groups excluding tert-OH is 1. The number of primary amides is 1. The number of hydrogen-bond acceptors (Lipinski definition) is 25. The van der Waals surface area contributed by atoms with E-state index in [1.807, 2.05) is 0 Å². The molecule has 1 fully saturated rings. The number of carboxylic acids is 2. The van der Waals surface area contributed by atoms with E-state index in [-0.39, 0.29) is 82.7 Å². The number of carbonyl (C=O) groups is 16. The second kappa shape index (κ2) is 52.4. The number of H-pyrrole nitrogens is 3. The summed E-state index contributed by atoms with van der Waals surface area (Å²) in [6, 6.07) is -6.02. The molecule has 1 saturated heterocycles. The highest BCUT2D eigenvalue weighted by molar-refractivity contribution is 8.76. The summed E-state index contributed by atoms with van der Waals surface area (Å²) in [5.74, 6) is -20.0. The van der Waals surface area contributed by atoms with E-state index in [1.54, 1.807) is 102 Å². The number of rotatable bonds is 37. The highest BCUT2D eigenvalue weighted by Crippen LogP contribution is 2.26. The summed E-state index contributed by atoms with van der Waals surface area (Å²) in [6.45, 7) is 13.3. The molecule has 0 radical (unpaired) electrons. The highest BCUT2D eigenvalue weighted by atomic mass is 33.1. The van der Waals surface area contributed by atoms with Gasteiger partial charge >= 0.3 is 11.9 Å². The smallest absolute Gasteiger partial charge is 0.305 e. The van der Waals surface area contributed by atoms with Crippen molar-refractivity contribution in [3.8, 4) is 0 Å². The van der Waals surface area contributed by atoms with Gasteiger partial charge in [-0.15, -0.1) is 0 Å². The lowest BCUT2D eigenvalue weighted by Crippen LogP contribution is -2.61. The van der Waals surface area contributed by atoms with Crippen LogP contribution in [0.1, 0.15) is 111 Å². The van der Waals surface area contributed by atoms with Crippen molar-refractivity contribution in [2.75, 3.05) is 77.5 Å². The topological polar surface area (TPSA) is 639 Å². The molecule has 3 unspecified atom stereocenters. The van der Waals surface area contributed by atoms with Crippen LogP contribution in [0.15, 0.2) is 73.4 Å². The van der Waals surface area contributed by atoms with Crippen molar-refractivity contribution in [3.63, 3.8) is 0 Å². The predicted octanol–water partition coefficient (Wildman–Crippen LogP) is -2.88. The van der Waals surface area contributed by atoms with Crippen LogP contribution in [0.4, 0.5) is 0 Å². The van der Waals surface area contributed by atoms with E-state index in [2.05, 4.69) is 89.1 Å². The van der Waals surface area contributed by atoms with E-state index in [4.69, 9.17) is 30.4 Å². The van der Waals surface area contributed by atoms with Crippen LogP contribution in [0.25, 0.3) is 21.8 Å². The van der Waals surface area contributed by atoms with Crippen LogP contribution in [-0.4, -0.2) is 286 Å². The van der Waals surface area contributed by atoms with Crippen molar-refractivity contribution in [2.24, 2.45) is 29.2 Å². The summed E-state index contributed by atoms with van der Waals surface area (Å²) >= 11 is 0. The van der Waals surface area contributed by atoms with Crippen molar-refractivity contribution in [1.82, 2.24) is 89.1 Å². The van der Waals surface area contributed by atoms with Crippen LogP contribution in [0.3, 0.4) is 0 Å². The third-order valence-electron chi connectivity index (χ3n) is 19.3. The van der Waals surface area contributed by atoms with Crippen LogP contribution in [0.2, 0.25) is 0 Å². The Labute approximate surface area is 723 Å². The molecule has 5 aromatic rings. The number of amides is 14. The first kappa shape index (κ1) is 102. The number of fused-ring (bicyclic) bond motifs is 2. The van der Waals surface area contributed by atoms with E-state index >= 15 is 9.59 Å². The molecule has 4 heterocycles. The molecule has 0 saturated carbocycles. The lowest BCUT2D eigenvalue weighted by atomic mass is 9.98. The average Bonchev–Trinajstić information content (AvgIpc) is 1.65. The Bertz CT molecular complexity index is 4410. The number of carbonyl (C=O) groups excluding carboxylic acids is 14. The van der Waals surface area contributed by atoms with Crippen molar-refractivity contribution in [3.05, 3.63) is 90.3 Å². The van der Waals surface area contributed by atoms with E-state index in [0.29, 0.717) is 59.3 Å². The fourth-order valence-corrected chi connectivity index (χ4v) is 15.1. The van der Waals surface area contributed by atoms with E-state index in [0.717, 1.165) is 28.5 Å². The molecule has 14 amide bonds.